The van der Waals surface area contributed by atoms with E-state index in [0.29, 0.717) is 0 Å². The summed E-state index contributed by atoms with van der Waals surface area (Å²) in [6, 6.07) is 0.760. The number of nitrogens with one attached hydrogen (secondary N) is 1. The van der Waals surface area contributed by atoms with E-state index in [-0.39, 0.29) is 5.54 Å². The Hall–Kier alpha value is 0.270. The summed E-state index contributed by atoms with van der Waals surface area (Å²) in [5.74, 6) is 2.67. The smallest absolute Gasteiger partial charge is 0.0271 e. The van der Waals surface area contributed by atoms with Crippen LogP contribution in [0.4, 0.5) is 0 Å². The highest BCUT2D eigenvalue weighted by molar-refractivity contribution is 7.99. The summed E-state index contributed by atoms with van der Waals surface area (Å²) < 4.78 is 0. The summed E-state index contributed by atoms with van der Waals surface area (Å²) in [7, 11) is 4.30. The van der Waals surface area contributed by atoms with Crippen molar-refractivity contribution in [3.63, 3.8) is 0 Å². The number of thioether (sulfide) groups is 1. The quantitative estimate of drug-likeness (QED) is 0.771. The van der Waals surface area contributed by atoms with Crippen molar-refractivity contribution in [2.75, 3.05) is 32.1 Å². The van der Waals surface area contributed by atoms with E-state index < -0.39 is 0 Å². The Balaban J connectivity index is 2.24. The molecule has 1 aliphatic heterocycles. The summed E-state index contributed by atoms with van der Waals surface area (Å²) >= 11 is 2.09. The molecule has 0 aliphatic carbocycles. The van der Waals surface area contributed by atoms with E-state index >= 15 is 0 Å². The van der Waals surface area contributed by atoms with Crippen molar-refractivity contribution < 1.29 is 0 Å². The van der Waals surface area contributed by atoms with Crippen LogP contribution in [0.3, 0.4) is 0 Å². The van der Waals surface area contributed by atoms with Gasteiger partial charge in [-0.25, -0.2) is 0 Å². The maximum Gasteiger partial charge on any atom is 0.0271 e. The van der Waals surface area contributed by atoms with Gasteiger partial charge >= 0.3 is 0 Å². The summed E-state index contributed by atoms with van der Waals surface area (Å²) in [6.45, 7) is 5.67. The number of likely N-dealkylation sites (N-methyl/N-ethyl adjacent to an activating group) is 1. The molecule has 0 aromatic heterocycles. The van der Waals surface area contributed by atoms with Gasteiger partial charge < -0.3 is 10.2 Å². The summed E-state index contributed by atoms with van der Waals surface area (Å²) in [5, 5.41) is 3.69. The van der Waals surface area contributed by atoms with E-state index in [2.05, 4.69) is 49.9 Å². The Morgan fingerprint density at radius 1 is 1.29 bits per heavy atom. The van der Waals surface area contributed by atoms with Crippen molar-refractivity contribution in [3.8, 4) is 0 Å². The highest BCUT2D eigenvalue weighted by Gasteiger charge is 2.22. The minimum atomic E-state index is 0.268. The van der Waals surface area contributed by atoms with Crippen molar-refractivity contribution in [2.45, 2.75) is 38.3 Å². The first kappa shape index (κ1) is 12.3. The monoisotopic (exact) mass is 216 g/mol. The molecule has 1 aliphatic rings. The predicted octanol–water partition coefficient (Wildman–Crippen LogP) is 1.81. The Morgan fingerprint density at radius 2 is 1.86 bits per heavy atom. The molecule has 0 atom stereocenters. The molecule has 3 heteroatoms. The lowest BCUT2D eigenvalue weighted by molar-refractivity contribution is 0.183. The van der Waals surface area contributed by atoms with Crippen LogP contribution >= 0.6 is 11.8 Å². The van der Waals surface area contributed by atoms with Crippen LogP contribution in [0.2, 0.25) is 0 Å². The lowest BCUT2D eigenvalue weighted by Gasteiger charge is -2.35. The Morgan fingerprint density at radius 3 is 2.36 bits per heavy atom. The normalized spacial score (nSPS) is 20.4. The van der Waals surface area contributed by atoms with Crippen molar-refractivity contribution in [3.05, 3.63) is 0 Å². The van der Waals surface area contributed by atoms with Gasteiger partial charge in [0.2, 0.25) is 0 Å². The van der Waals surface area contributed by atoms with Crippen LogP contribution in [0.1, 0.15) is 26.7 Å². The molecule has 0 aromatic rings. The summed E-state index contributed by atoms with van der Waals surface area (Å²) in [4.78, 5) is 2.29. The van der Waals surface area contributed by atoms with Crippen LogP contribution in [0.15, 0.2) is 0 Å². The molecule has 2 nitrogen and oxygen atoms in total. The molecule has 1 saturated heterocycles. The third kappa shape index (κ3) is 3.79. The molecule has 0 saturated carbocycles. The lowest BCUT2D eigenvalue weighted by atomic mass is 10.0. The Bertz CT molecular complexity index is 163. The fraction of sp³-hybridized carbons (Fsp3) is 1.00. The first-order valence-electron chi connectivity index (χ1n) is 5.51. The van der Waals surface area contributed by atoms with Crippen LogP contribution in [0.25, 0.3) is 0 Å². The molecule has 0 radical (unpaired) electrons. The lowest BCUT2D eigenvalue weighted by Crippen LogP contribution is -2.49. The molecule has 14 heavy (non-hydrogen) atoms. The van der Waals surface area contributed by atoms with E-state index in [0.717, 1.165) is 12.6 Å². The molecule has 0 unspecified atom stereocenters. The van der Waals surface area contributed by atoms with Crippen LogP contribution in [-0.4, -0.2) is 48.6 Å². The third-order valence-electron chi connectivity index (χ3n) is 3.26. The molecule has 1 heterocycles. The molecule has 0 amide bonds. The molecule has 0 bridgehead atoms. The van der Waals surface area contributed by atoms with Crippen LogP contribution in [-0.2, 0) is 0 Å². The largest absolute Gasteiger partial charge is 0.312 e. The molecule has 0 aromatic carbocycles. The van der Waals surface area contributed by atoms with Crippen molar-refractivity contribution in [2.24, 2.45) is 0 Å². The minimum Gasteiger partial charge on any atom is -0.312 e. The standard InChI is InChI=1S/C11H24N2S/c1-11(2,13(3)4)9-12-10-5-7-14-8-6-10/h10,12H,5-9H2,1-4H3. The SMILES string of the molecule is CN(C)C(C)(C)CNC1CCSCC1. The number of hydrogen-bond donors (Lipinski definition) is 1. The fourth-order valence-electron chi connectivity index (χ4n) is 1.45. The van der Waals surface area contributed by atoms with E-state index in [9.17, 15) is 0 Å². The van der Waals surface area contributed by atoms with Crippen molar-refractivity contribution >= 4 is 11.8 Å². The zero-order valence-electron chi connectivity index (χ0n) is 9.97. The summed E-state index contributed by atoms with van der Waals surface area (Å²) in [5.41, 5.74) is 0.268. The number of hydrogen-bond acceptors (Lipinski definition) is 3. The zero-order valence-corrected chi connectivity index (χ0v) is 10.8. The summed E-state index contributed by atoms with van der Waals surface area (Å²) in [6.07, 6.45) is 2.68. The topological polar surface area (TPSA) is 15.3 Å². The molecule has 1 N–H and O–H groups in total. The van der Waals surface area contributed by atoms with Crippen LogP contribution in [0, 0.1) is 0 Å². The van der Waals surface area contributed by atoms with Gasteiger partial charge in [0.25, 0.3) is 0 Å². The van der Waals surface area contributed by atoms with E-state index in [1.54, 1.807) is 0 Å². The molecule has 1 rings (SSSR count). The van der Waals surface area contributed by atoms with Gasteiger partial charge in [-0.3, -0.25) is 0 Å². The predicted molar refractivity (Wildman–Crippen MR) is 66.1 cm³/mol. The van der Waals surface area contributed by atoms with E-state index in [1.807, 2.05) is 0 Å². The van der Waals surface area contributed by atoms with Crippen molar-refractivity contribution in [1.82, 2.24) is 10.2 Å². The van der Waals surface area contributed by atoms with E-state index in [1.165, 1.54) is 24.3 Å². The molecular formula is C11H24N2S. The van der Waals surface area contributed by atoms with Gasteiger partial charge in [-0.1, -0.05) is 0 Å². The first-order chi connectivity index (χ1) is 6.52. The van der Waals surface area contributed by atoms with E-state index in [4.69, 9.17) is 0 Å². The second-order valence-electron chi connectivity index (χ2n) is 4.97. The van der Waals surface area contributed by atoms with Gasteiger partial charge in [0.15, 0.2) is 0 Å². The van der Waals surface area contributed by atoms with Gasteiger partial charge in [0.05, 0.1) is 0 Å². The highest BCUT2D eigenvalue weighted by Crippen LogP contribution is 2.18. The second-order valence-corrected chi connectivity index (χ2v) is 6.20. The average molecular weight is 216 g/mol. The van der Waals surface area contributed by atoms with Crippen molar-refractivity contribution in [1.29, 1.82) is 0 Å². The van der Waals surface area contributed by atoms with Crippen LogP contribution < -0.4 is 5.32 Å². The second kappa shape index (κ2) is 5.38. The van der Waals surface area contributed by atoms with Gasteiger partial charge in [0, 0.05) is 18.1 Å². The van der Waals surface area contributed by atoms with Gasteiger partial charge in [-0.15, -0.1) is 0 Å². The molecule has 84 valence electrons. The fourth-order valence-corrected chi connectivity index (χ4v) is 2.56. The maximum absolute atomic E-state index is 3.69. The minimum absolute atomic E-state index is 0.268. The Labute approximate surface area is 92.8 Å². The average Bonchev–Trinajstić information content (AvgIpc) is 2.16. The number of rotatable bonds is 4. The third-order valence-corrected chi connectivity index (χ3v) is 4.30. The molecular weight excluding hydrogens is 192 g/mol. The zero-order chi connectivity index (χ0) is 10.6. The highest BCUT2D eigenvalue weighted by atomic mass is 32.2. The van der Waals surface area contributed by atoms with Gasteiger partial charge in [-0.05, 0) is 52.3 Å². The Kier molecular flexibility index (Phi) is 4.74. The molecule has 0 spiro atoms. The maximum atomic E-state index is 3.69. The molecule has 1 fully saturated rings. The van der Waals surface area contributed by atoms with Crippen LogP contribution in [0.5, 0.6) is 0 Å². The first-order valence-corrected chi connectivity index (χ1v) is 6.66. The van der Waals surface area contributed by atoms with Gasteiger partial charge in [0.1, 0.15) is 0 Å². The van der Waals surface area contributed by atoms with Gasteiger partial charge in [-0.2, -0.15) is 11.8 Å². The number of nitrogens with zero attached hydrogens (tertiary/aromatic N) is 1.